The van der Waals surface area contributed by atoms with Gasteiger partial charge in [-0.25, -0.2) is 13.2 Å². The number of nitrogens with one attached hydrogen (secondary N) is 1. The summed E-state index contributed by atoms with van der Waals surface area (Å²) in [5.41, 5.74) is 1.07. The third-order valence-corrected chi connectivity index (χ3v) is 6.58. The maximum Gasteiger partial charge on any atom is 0.317 e. The predicted octanol–water partition coefficient (Wildman–Crippen LogP) is 1.40. The van der Waals surface area contributed by atoms with Crippen molar-refractivity contribution in [1.82, 2.24) is 14.5 Å². The smallest absolute Gasteiger partial charge is 0.317 e. The van der Waals surface area contributed by atoms with Gasteiger partial charge >= 0.3 is 6.03 Å². The lowest BCUT2D eigenvalue weighted by atomic mass is 10.1. The van der Waals surface area contributed by atoms with Crippen molar-refractivity contribution in [1.29, 1.82) is 0 Å². The van der Waals surface area contributed by atoms with Gasteiger partial charge in [0.05, 0.1) is 5.75 Å². The summed E-state index contributed by atoms with van der Waals surface area (Å²) >= 11 is 0. The fourth-order valence-electron chi connectivity index (χ4n) is 3.31. The Labute approximate surface area is 137 Å². The zero-order valence-corrected chi connectivity index (χ0v) is 14.0. The molecule has 2 amide bonds. The molecule has 0 atom stereocenters. The Morgan fingerprint density at radius 2 is 1.83 bits per heavy atom. The molecule has 0 bridgehead atoms. The number of rotatable bonds is 3. The summed E-state index contributed by atoms with van der Waals surface area (Å²) in [4.78, 5) is 14.0. The number of hydrogen-bond acceptors (Lipinski definition) is 3. The van der Waals surface area contributed by atoms with E-state index in [1.807, 2.05) is 30.3 Å². The molecule has 2 fully saturated rings. The maximum absolute atomic E-state index is 12.2. The summed E-state index contributed by atoms with van der Waals surface area (Å²) < 4.78 is 25.6. The Balaban J connectivity index is 1.48. The van der Waals surface area contributed by atoms with Gasteiger partial charge in [-0.15, -0.1) is 0 Å². The topological polar surface area (TPSA) is 69.7 Å². The molecule has 0 saturated carbocycles. The van der Waals surface area contributed by atoms with Crippen LogP contribution in [0.4, 0.5) is 4.79 Å². The van der Waals surface area contributed by atoms with E-state index in [9.17, 15) is 13.2 Å². The molecule has 0 unspecified atom stereocenters. The first-order valence-electron chi connectivity index (χ1n) is 8.12. The van der Waals surface area contributed by atoms with Crippen LogP contribution in [0.5, 0.6) is 0 Å². The van der Waals surface area contributed by atoms with E-state index >= 15 is 0 Å². The zero-order chi connectivity index (χ0) is 16.3. The number of hydrogen-bond donors (Lipinski definition) is 1. The highest BCUT2D eigenvalue weighted by Crippen LogP contribution is 2.24. The summed E-state index contributed by atoms with van der Waals surface area (Å²) in [7, 11) is -3.06. The lowest BCUT2D eigenvalue weighted by Gasteiger charge is -2.35. The minimum absolute atomic E-state index is 0.0562. The van der Waals surface area contributed by atoms with Gasteiger partial charge in [0.15, 0.2) is 0 Å². The molecule has 0 aliphatic carbocycles. The molecule has 1 aromatic carbocycles. The van der Waals surface area contributed by atoms with E-state index in [1.165, 1.54) is 0 Å². The molecule has 2 saturated heterocycles. The van der Waals surface area contributed by atoms with Crippen LogP contribution in [0.25, 0.3) is 0 Å². The van der Waals surface area contributed by atoms with E-state index in [0.717, 1.165) is 24.8 Å². The Morgan fingerprint density at radius 3 is 2.43 bits per heavy atom. The van der Waals surface area contributed by atoms with Crippen molar-refractivity contribution in [2.45, 2.75) is 31.8 Å². The molecule has 0 spiro atoms. The molecule has 3 rings (SSSR count). The number of carbonyl (C=O) groups excluding carboxylic acids is 1. The van der Waals surface area contributed by atoms with Crippen LogP contribution in [0.1, 0.15) is 24.8 Å². The Bertz CT molecular complexity index is 640. The number of sulfonamides is 1. The summed E-state index contributed by atoms with van der Waals surface area (Å²) in [6, 6.07) is 9.78. The van der Waals surface area contributed by atoms with E-state index in [0.29, 0.717) is 26.2 Å². The van der Waals surface area contributed by atoms with Crippen LogP contribution in [0.3, 0.4) is 0 Å². The van der Waals surface area contributed by atoms with Crippen molar-refractivity contribution < 1.29 is 13.2 Å². The number of carbonyl (C=O) groups is 1. The number of urea groups is 1. The molecule has 2 heterocycles. The van der Waals surface area contributed by atoms with Gasteiger partial charge in [-0.2, -0.15) is 4.31 Å². The first-order chi connectivity index (χ1) is 11.1. The minimum Gasteiger partial charge on any atom is -0.334 e. The molecule has 126 valence electrons. The van der Waals surface area contributed by atoms with Gasteiger partial charge in [0, 0.05) is 32.2 Å². The van der Waals surface area contributed by atoms with E-state index in [-0.39, 0.29) is 17.8 Å². The molecule has 2 aliphatic heterocycles. The third kappa shape index (κ3) is 3.84. The van der Waals surface area contributed by atoms with Crippen molar-refractivity contribution in [2.75, 3.05) is 25.4 Å². The quantitative estimate of drug-likeness (QED) is 0.906. The molecule has 23 heavy (non-hydrogen) atoms. The number of piperidine rings is 1. The molecular formula is C16H23N3O3S. The predicted molar refractivity (Wildman–Crippen MR) is 88.4 cm³/mol. The Hall–Kier alpha value is -1.60. The number of likely N-dealkylation sites (tertiary alicyclic amines) is 1. The van der Waals surface area contributed by atoms with Crippen LogP contribution >= 0.6 is 0 Å². The van der Waals surface area contributed by atoms with Crippen molar-refractivity contribution in [2.24, 2.45) is 0 Å². The van der Waals surface area contributed by atoms with Gasteiger partial charge in [-0.05, 0) is 24.8 Å². The first-order valence-corrected chi connectivity index (χ1v) is 9.73. The monoisotopic (exact) mass is 337 g/mol. The van der Waals surface area contributed by atoms with Crippen LogP contribution in [0.15, 0.2) is 30.3 Å². The largest absolute Gasteiger partial charge is 0.334 e. The maximum atomic E-state index is 12.2. The second-order valence-corrected chi connectivity index (χ2v) is 8.18. The molecule has 1 aromatic rings. The van der Waals surface area contributed by atoms with Crippen molar-refractivity contribution in [3.05, 3.63) is 35.9 Å². The molecule has 7 heteroatoms. The van der Waals surface area contributed by atoms with Gasteiger partial charge in [0.25, 0.3) is 0 Å². The Morgan fingerprint density at radius 1 is 1.13 bits per heavy atom. The normalized spacial score (nSPS) is 22.2. The fourth-order valence-corrected chi connectivity index (χ4v) is 5.11. The van der Waals surface area contributed by atoms with Gasteiger partial charge in [0.1, 0.15) is 0 Å². The van der Waals surface area contributed by atoms with E-state index < -0.39 is 10.0 Å². The van der Waals surface area contributed by atoms with Crippen molar-refractivity contribution in [3.8, 4) is 0 Å². The van der Waals surface area contributed by atoms with Crippen LogP contribution in [0.2, 0.25) is 0 Å². The molecular weight excluding hydrogens is 314 g/mol. The van der Waals surface area contributed by atoms with E-state index in [2.05, 4.69) is 5.32 Å². The zero-order valence-electron chi connectivity index (χ0n) is 13.1. The highest BCUT2D eigenvalue weighted by molar-refractivity contribution is 7.89. The summed E-state index contributed by atoms with van der Waals surface area (Å²) in [5.74, 6) is 0.269. The first kappa shape index (κ1) is 16.3. The van der Waals surface area contributed by atoms with Gasteiger partial charge < -0.3 is 10.2 Å². The number of benzene rings is 1. The van der Waals surface area contributed by atoms with Crippen molar-refractivity contribution >= 4 is 16.1 Å². The highest BCUT2D eigenvalue weighted by atomic mass is 32.2. The lowest BCUT2D eigenvalue weighted by Crippen LogP contribution is -2.49. The van der Waals surface area contributed by atoms with Crippen LogP contribution in [0, 0.1) is 0 Å². The van der Waals surface area contributed by atoms with Gasteiger partial charge in [0.2, 0.25) is 10.0 Å². The van der Waals surface area contributed by atoms with Gasteiger partial charge in [-0.1, -0.05) is 30.3 Å². The second-order valence-electron chi connectivity index (χ2n) is 6.14. The average Bonchev–Trinajstić information content (AvgIpc) is 2.93. The summed E-state index contributed by atoms with van der Waals surface area (Å²) in [6.07, 6.45) is 2.16. The molecule has 2 aliphatic rings. The average molecular weight is 337 g/mol. The Kier molecular flexibility index (Phi) is 4.87. The lowest BCUT2D eigenvalue weighted by molar-refractivity contribution is 0.160. The molecule has 0 aromatic heterocycles. The van der Waals surface area contributed by atoms with Gasteiger partial charge in [-0.3, -0.25) is 0 Å². The number of nitrogens with zero attached hydrogens (tertiary/aromatic N) is 2. The standard InChI is InChI=1S/C16H23N3O3S/c20-16(17-13-14-5-2-1-3-6-14)18-10-7-15(8-11-18)19-9-4-12-23(19,21)22/h1-3,5-6,15H,4,7-13H2,(H,17,20). The minimum atomic E-state index is -3.06. The van der Waals surface area contributed by atoms with Crippen LogP contribution in [-0.2, 0) is 16.6 Å². The van der Waals surface area contributed by atoms with Crippen LogP contribution < -0.4 is 5.32 Å². The molecule has 6 nitrogen and oxygen atoms in total. The second kappa shape index (κ2) is 6.88. The molecule has 0 radical (unpaired) electrons. The number of amides is 2. The fraction of sp³-hybridized carbons (Fsp3) is 0.562. The van der Waals surface area contributed by atoms with E-state index in [1.54, 1.807) is 9.21 Å². The summed E-state index contributed by atoms with van der Waals surface area (Å²) in [5, 5.41) is 2.92. The van der Waals surface area contributed by atoms with Crippen molar-refractivity contribution in [3.63, 3.8) is 0 Å². The van der Waals surface area contributed by atoms with Crippen LogP contribution in [-0.4, -0.2) is 55.1 Å². The third-order valence-electron chi connectivity index (χ3n) is 4.58. The summed E-state index contributed by atoms with van der Waals surface area (Å²) in [6.45, 7) is 2.36. The highest BCUT2D eigenvalue weighted by Gasteiger charge is 2.36. The molecule has 1 N–H and O–H groups in total. The SMILES string of the molecule is O=C(NCc1ccccc1)N1CCC(N2CCCS2(=O)=O)CC1. The van der Waals surface area contributed by atoms with E-state index in [4.69, 9.17) is 0 Å².